The zero-order chi connectivity index (χ0) is 13.1. The maximum atomic E-state index is 11.9. The average molecular weight is 261 g/mol. The van der Waals surface area contributed by atoms with Crippen LogP contribution in [0, 0.1) is 13.8 Å². The standard InChI is InChI=1S/C9H15N3O4S/c1-6-9(7(2)16-12-6)17(14,15)11-5-4-8(13)10-3/h11H,4-5H2,1-3H3,(H,10,13). The Morgan fingerprint density at radius 3 is 2.53 bits per heavy atom. The zero-order valence-corrected chi connectivity index (χ0v) is 10.7. The van der Waals surface area contributed by atoms with Crippen LogP contribution in [0.15, 0.2) is 9.42 Å². The predicted molar refractivity (Wildman–Crippen MR) is 59.8 cm³/mol. The molecule has 1 rings (SSSR count). The lowest BCUT2D eigenvalue weighted by atomic mass is 10.4. The molecule has 1 heterocycles. The summed E-state index contributed by atoms with van der Waals surface area (Å²) in [6.07, 6.45) is 0.0824. The van der Waals surface area contributed by atoms with Crippen LogP contribution >= 0.6 is 0 Å². The van der Waals surface area contributed by atoms with E-state index in [-0.39, 0.29) is 29.5 Å². The number of sulfonamides is 1. The van der Waals surface area contributed by atoms with Gasteiger partial charge < -0.3 is 9.84 Å². The van der Waals surface area contributed by atoms with Crippen molar-refractivity contribution >= 4 is 15.9 Å². The van der Waals surface area contributed by atoms with Gasteiger partial charge in [-0.15, -0.1) is 0 Å². The van der Waals surface area contributed by atoms with Gasteiger partial charge in [0.15, 0.2) is 5.76 Å². The van der Waals surface area contributed by atoms with Crippen molar-refractivity contribution in [2.75, 3.05) is 13.6 Å². The third kappa shape index (κ3) is 3.27. The third-order valence-electron chi connectivity index (χ3n) is 2.16. The number of aromatic nitrogens is 1. The van der Waals surface area contributed by atoms with Crippen molar-refractivity contribution in [3.05, 3.63) is 11.5 Å². The third-order valence-corrected chi connectivity index (χ3v) is 3.86. The zero-order valence-electron chi connectivity index (χ0n) is 9.90. The Kier molecular flexibility index (Phi) is 4.24. The van der Waals surface area contributed by atoms with Crippen molar-refractivity contribution in [1.29, 1.82) is 0 Å². The van der Waals surface area contributed by atoms with Crippen LogP contribution < -0.4 is 10.0 Å². The topological polar surface area (TPSA) is 101 Å². The summed E-state index contributed by atoms with van der Waals surface area (Å²) in [5.74, 6) is 0.00130. The van der Waals surface area contributed by atoms with Crippen molar-refractivity contribution in [3.8, 4) is 0 Å². The molecule has 0 aliphatic rings. The molecular formula is C9H15N3O4S. The van der Waals surface area contributed by atoms with Gasteiger partial charge in [-0.05, 0) is 13.8 Å². The molecule has 2 N–H and O–H groups in total. The molecule has 0 saturated carbocycles. The van der Waals surface area contributed by atoms with Gasteiger partial charge in [-0.3, -0.25) is 4.79 Å². The predicted octanol–water partition coefficient (Wildman–Crippen LogP) is -0.294. The van der Waals surface area contributed by atoms with Gasteiger partial charge in [0, 0.05) is 20.0 Å². The van der Waals surface area contributed by atoms with E-state index in [1.54, 1.807) is 6.92 Å². The van der Waals surface area contributed by atoms with E-state index in [0.29, 0.717) is 5.69 Å². The van der Waals surface area contributed by atoms with E-state index in [2.05, 4.69) is 15.2 Å². The summed E-state index contributed by atoms with van der Waals surface area (Å²) >= 11 is 0. The minimum atomic E-state index is -3.67. The number of nitrogens with zero attached hydrogens (tertiary/aromatic N) is 1. The number of amides is 1. The molecule has 8 heteroatoms. The first-order chi connectivity index (χ1) is 7.88. The van der Waals surface area contributed by atoms with Gasteiger partial charge in [0.1, 0.15) is 10.6 Å². The number of carbonyl (C=O) groups excluding carboxylic acids is 1. The molecule has 0 spiro atoms. The van der Waals surface area contributed by atoms with E-state index in [0.717, 1.165) is 0 Å². The van der Waals surface area contributed by atoms with Crippen LogP contribution in [0.3, 0.4) is 0 Å². The van der Waals surface area contributed by atoms with Crippen molar-refractivity contribution in [2.45, 2.75) is 25.2 Å². The SMILES string of the molecule is CNC(=O)CCNS(=O)(=O)c1c(C)noc1C. The van der Waals surface area contributed by atoms with E-state index in [4.69, 9.17) is 4.52 Å². The van der Waals surface area contributed by atoms with Crippen molar-refractivity contribution < 1.29 is 17.7 Å². The lowest BCUT2D eigenvalue weighted by Crippen LogP contribution is -2.29. The number of aryl methyl sites for hydroxylation is 2. The highest BCUT2D eigenvalue weighted by atomic mass is 32.2. The first-order valence-electron chi connectivity index (χ1n) is 5.01. The highest BCUT2D eigenvalue weighted by Gasteiger charge is 2.23. The molecule has 0 fully saturated rings. The van der Waals surface area contributed by atoms with Gasteiger partial charge in [-0.25, -0.2) is 13.1 Å². The van der Waals surface area contributed by atoms with Gasteiger partial charge >= 0.3 is 0 Å². The molecule has 1 aromatic heterocycles. The Hall–Kier alpha value is -1.41. The summed E-state index contributed by atoms with van der Waals surface area (Å²) in [5, 5.41) is 5.97. The number of hydrogen-bond donors (Lipinski definition) is 2. The fraction of sp³-hybridized carbons (Fsp3) is 0.556. The number of nitrogens with one attached hydrogen (secondary N) is 2. The lowest BCUT2D eigenvalue weighted by molar-refractivity contribution is -0.120. The van der Waals surface area contributed by atoms with Gasteiger partial charge in [-0.2, -0.15) is 0 Å². The maximum Gasteiger partial charge on any atom is 0.245 e. The van der Waals surface area contributed by atoms with Crippen LogP contribution in [-0.2, 0) is 14.8 Å². The highest BCUT2D eigenvalue weighted by Crippen LogP contribution is 2.18. The largest absolute Gasteiger partial charge is 0.360 e. The number of carbonyl (C=O) groups is 1. The Bertz CT molecular complexity index is 487. The summed E-state index contributed by atoms with van der Waals surface area (Å²) in [4.78, 5) is 11.0. The summed E-state index contributed by atoms with van der Waals surface area (Å²) in [7, 11) is -2.18. The molecule has 1 aromatic rings. The molecular weight excluding hydrogens is 246 g/mol. The van der Waals surface area contributed by atoms with Gasteiger partial charge in [0.05, 0.1) is 0 Å². The van der Waals surface area contributed by atoms with E-state index < -0.39 is 10.0 Å². The minimum Gasteiger partial charge on any atom is -0.360 e. The smallest absolute Gasteiger partial charge is 0.245 e. The Balaban J connectivity index is 2.73. The van der Waals surface area contributed by atoms with Crippen LogP contribution in [0.2, 0.25) is 0 Å². The van der Waals surface area contributed by atoms with Crippen molar-refractivity contribution in [1.82, 2.24) is 15.2 Å². The quantitative estimate of drug-likeness (QED) is 0.758. The fourth-order valence-electron chi connectivity index (χ4n) is 1.35. The average Bonchev–Trinajstić information content (AvgIpc) is 2.58. The normalized spacial score (nSPS) is 11.5. The molecule has 7 nitrogen and oxygen atoms in total. The van der Waals surface area contributed by atoms with Crippen LogP contribution in [-0.4, -0.2) is 33.1 Å². The molecule has 0 bridgehead atoms. The summed E-state index contributed by atoms with van der Waals surface area (Å²) in [6, 6.07) is 0. The van der Waals surface area contributed by atoms with E-state index >= 15 is 0 Å². The first kappa shape index (κ1) is 13.7. The molecule has 1 amide bonds. The van der Waals surface area contributed by atoms with E-state index in [1.807, 2.05) is 0 Å². The Morgan fingerprint density at radius 1 is 1.41 bits per heavy atom. The fourth-order valence-corrected chi connectivity index (χ4v) is 2.71. The number of rotatable bonds is 5. The molecule has 17 heavy (non-hydrogen) atoms. The van der Waals surface area contributed by atoms with Gasteiger partial charge in [-0.1, -0.05) is 5.16 Å². The van der Waals surface area contributed by atoms with E-state index in [1.165, 1.54) is 14.0 Å². The number of hydrogen-bond acceptors (Lipinski definition) is 5. The van der Waals surface area contributed by atoms with Gasteiger partial charge in [0.2, 0.25) is 15.9 Å². The van der Waals surface area contributed by atoms with Crippen LogP contribution in [0.4, 0.5) is 0 Å². The second-order valence-electron chi connectivity index (χ2n) is 3.47. The molecule has 0 aromatic carbocycles. The Labute approximate surface area is 99.6 Å². The van der Waals surface area contributed by atoms with Crippen LogP contribution in [0.25, 0.3) is 0 Å². The molecule has 0 aliphatic carbocycles. The molecule has 0 radical (unpaired) electrons. The van der Waals surface area contributed by atoms with Crippen LogP contribution in [0.5, 0.6) is 0 Å². The molecule has 0 saturated heterocycles. The summed E-state index contributed by atoms with van der Waals surface area (Å²) in [5.41, 5.74) is 0.301. The minimum absolute atomic E-state index is 0.0338. The monoisotopic (exact) mass is 261 g/mol. The lowest BCUT2D eigenvalue weighted by Gasteiger charge is -2.05. The molecule has 0 unspecified atom stereocenters. The van der Waals surface area contributed by atoms with E-state index in [9.17, 15) is 13.2 Å². The maximum absolute atomic E-state index is 11.9. The van der Waals surface area contributed by atoms with Gasteiger partial charge in [0.25, 0.3) is 0 Å². The molecule has 96 valence electrons. The second-order valence-corrected chi connectivity index (χ2v) is 5.18. The second kappa shape index (κ2) is 5.28. The first-order valence-corrected chi connectivity index (χ1v) is 6.50. The van der Waals surface area contributed by atoms with Crippen LogP contribution in [0.1, 0.15) is 17.9 Å². The summed E-state index contributed by atoms with van der Waals surface area (Å²) < 4.78 is 30.8. The summed E-state index contributed by atoms with van der Waals surface area (Å²) in [6.45, 7) is 3.10. The highest BCUT2D eigenvalue weighted by molar-refractivity contribution is 7.89. The molecule has 0 atom stereocenters. The molecule has 0 aliphatic heterocycles. The van der Waals surface area contributed by atoms with Crippen molar-refractivity contribution in [2.24, 2.45) is 0 Å². The Morgan fingerprint density at radius 2 is 2.06 bits per heavy atom. The van der Waals surface area contributed by atoms with Crippen molar-refractivity contribution in [3.63, 3.8) is 0 Å².